The molecule has 2 rings (SSSR count). The van der Waals surface area contributed by atoms with E-state index < -0.39 is 0 Å². The Morgan fingerprint density at radius 2 is 1.42 bits per heavy atom. The molecule has 0 bridgehead atoms. The molecule has 0 aliphatic heterocycles. The van der Waals surface area contributed by atoms with Crippen molar-refractivity contribution in [2.24, 2.45) is 11.8 Å². The molecule has 2 nitrogen and oxygen atoms in total. The highest BCUT2D eigenvalue weighted by Gasteiger charge is 2.25. The number of ether oxygens (including phenoxy) is 2. The molecule has 0 aromatic rings. The summed E-state index contributed by atoms with van der Waals surface area (Å²) < 4.78 is 10.9. The van der Waals surface area contributed by atoms with Gasteiger partial charge in [-0.2, -0.15) is 0 Å². The molecule has 12 heavy (non-hydrogen) atoms. The number of hydrogen-bond donors (Lipinski definition) is 0. The van der Waals surface area contributed by atoms with Crippen LogP contribution in [0.15, 0.2) is 0 Å². The van der Waals surface area contributed by atoms with Crippen molar-refractivity contribution in [2.75, 3.05) is 13.2 Å². The van der Waals surface area contributed by atoms with Crippen LogP contribution in [0.2, 0.25) is 0 Å². The van der Waals surface area contributed by atoms with E-state index in [4.69, 9.17) is 9.47 Å². The lowest BCUT2D eigenvalue weighted by molar-refractivity contribution is -0.0441. The van der Waals surface area contributed by atoms with Gasteiger partial charge in [-0.1, -0.05) is 0 Å². The maximum Gasteiger partial charge on any atom is 0.220 e. The zero-order valence-electron chi connectivity index (χ0n) is 7.71. The predicted octanol–water partition coefficient (Wildman–Crippen LogP) is 2.35. The molecule has 0 unspecified atom stereocenters. The van der Waals surface area contributed by atoms with E-state index in [9.17, 15) is 0 Å². The van der Waals surface area contributed by atoms with Crippen molar-refractivity contribution < 1.29 is 9.47 Å². The van der Waals surface area contributed by atoms with Gasteiger partial charge in [0.2, 0.25) is 6.29 Å². The van der Waals surface area contributed by atoms with Crippen LogP contribution in [0.5, 0.6) is 0 Å². The molecule has 0 heterocycles. The van der Waals surface area contributed by atoms with Gasteiger partial charge in [0.05, 0.1) is 13.2 Å². The first kappa shape index (κ1) is 8.52. The first-order chi connectivity index (χ1) is 5.84. The van der Waals surface area contributed by atoms with Gasteiger partial charge < -0.3 is 9.47 Å². The Kier molecular flexibility index (Phi) is 2.66. The summed E-state index contributed by atoms with van der Waals surface area (Å²) in [5.74, 6) is 1.65. The summed E-state index contributed by atoms with van der Waals surface area (Å²) in [6, 6.07) is 0. The van der Waals surface area contributed by atoms with E-state index in [0.717, 1.165) is 31.3 Å². The molecule has 2 saturated carbocycles. The molecule has 2 fully saturated rings. The first-order valence-corrected chi connectivity index (χ1v) is 4.94. The maximum atomic E-state index is 5.44. The number of hydrogen-bond acceptors (Lipinski definition) is 2. The average molecular weight is 169 g/mol. The second-order valence-corrected chi connectivity index (χ2v) is 4.00. The van der Waals surface area contributed by atoms with E-state index in [1.54, 1.807) is 0 Å². The monoisotopic (exact) mass is 169 g/mol. The van der Waals surface area contributed by atoms with E-state index in [-0.39, 0.29) is 0 Å². The van der Waals surface area contributed by atoms with Crippen LogP contribution in [0.3, 0.4) is 0 Å². The minimum Gasteiger partial charge on any atom is -0.345 e. The molecule has 0 atom stereocenters. The molecule has 0 spiro atoms. The summed E-state index contributed by atoms with van der Waals surface area (Å²) in [4.78, 5) is 0. The quantitative estimate of drug-likeness (QED) is 0.607. The molecule has 2 aliphatic carbocycles. The van der Waals surface area contributed by atoms with Crippen LogP contribution in [0.25, 0.3) is 0 Å². The second-order valence-electron chi connectivity index (χ2n) is 4.00. The van der Waals surface area contributed by atoms with Crippen LogP contribution < -0.4 is 0 Å². The Balaban J connectivity index is 1.47. The molecule has 0 aromatic heterocycles. The smallest absolute Gasteiger partial charge is 0.220 e. The van der Waals surface area contributed by atoms with Crippen molar-refractivity contribution in [3.05, 3.63) is 6.29 Å². The van der Waals surface area contributed by atoms with Gasteiger partial charge in [0.25, 0.3) is 0 Å². The van der Waals surface area contributed by atoms with Crippen LogP contribution in [-0.2, 0) is 9.47 Å². The van der Waals surface area contributed by atoms with E-state index >= 15 is 0 Å². The van der Waals surface area contributed by atoms with Crippen molar-refractivity contribution in [3.8, 4) is 0 Å². The Morgan fingerprint density at radius 1 is 1.00 bits per heavy atom. The van der Waals surface area contributed by atoms with Crippen molar-refractivity contribution in [2.45, 2.75) is 32.6 Å². The summed E-state index contributed by atoms with van der Waals surface area (Å²) in [5.41, 5.74) is 0. The van der Waals surface area contributed by atoms with Crippen molar-refractivity contribution in [1.29, 1.82) is 0 Å². The topological polar surface area (TPSA) is 18.5 Å². The maximum absolute atomic E-state index is 5.44. The summed E-state index contributed by atoms with van der Waals surface area (Å²) in [6.45, 7) is 3.66. The van der Waals surface area contributed by atoms with Crippen LogP contribution in [-0.4, -0.2) is 13.2 Å². The molecule has 69 valence electrons. The van der Waals surface area contributed by atoms with Gasteiger partial charge in [-0.3, -0.25) is 0 Å². The normalized spacial score (nSPS) is 23.5. The Bertz CT molecular complexity index is 123. The minimum absolute atomic E-state index is 0.772. The van der Waals surface area contributed by atoms with Crippen molar-refractivity contribution in [3.63, 3.8) is 0 Å². The van der Waals surface area contributed by atoms with E-state index in [1.807, 2.05) is 6.92 Å². The highest BCUT2D eigenvalue weighted by molar-refractivity contribution is 4.75. The highest BCUT2D eigenvalue weighted by atomic mass is 16.7. The van der Waals surface area contributed by atoms with E-state index in [1.165, 1.54) is 25.7 Å². The second kappa shape index (κ2) is 3.75. The third kappa shape index (κ3) is 3.11. The molecule has 0 saturated heterocycles. The largest absolute Gasteiger partial charge is 0.345 e. The lowest BCUT2D eigenvalue weighted by Gasteiger charge is -2.11. The third-order valence-electron chi connectivity index (χ3n) is 2.44. The number of rotatable bonds is 6. The van der Waals surface area contributed by atoms with Crippen LogP contribution in [0.1, 0.15) is 32.6 Å². The summed E-state index contributed by atoms with van der Waals surface area (Å²) in [7, 11) is 0. The SMILES string of the molecule is C[C](OCC1CC1)OCC1CC1. The van der Waals surface area contributed by atoms with Gasteiger partial charge in [-0.25, -0.2) is 0 Å². The summed E-state index contributed by atoms with van der Waals surface area (Å²) in [6.07, 6.45) is 6.14. The van der Waals surface area contributed by atoms with Gasteiger partial charge in [-0.15, -0.1) is 0 Å². The lowest BCUT2D eigenvalue weighted by Crippen LogP contribution is -2.08. The zero-order valence-corrected chi connectivity index (χ0v) is 7.71. The standard InChI is InChI=1S/C10H17O2/c1-8(11-6-9-2-3-9)12-7-10-4-5-10/h9-10H,2-7H2,1H3. The summed E-state index contributed by atoms with van der Waals surface area (Å²) >= 11 is 0. The van der Waals surface area contributed by atoms with E-state index in [2.05, 4.69) is 0 Å². The molecular weight excluding hydrogens is 152 g/mol. The fraction of sp³-hybridized carbons (Fsp3) is 0.900. The van der Waals surface area contributed by atoms with Gasteiger partial charge in [0.15, 0.2) is 0 Å². The van der Waals surface area contributed by atoms with E-state index in [0.29, 0.717) is 0 Å². The fourth-order valence-corrected chi connectivity index (χ4v) is 1.08. The minimum atomic E-state index is 0.772. The molecular formula is C10H17O2. The summed E-state index contributed by atoms with van der Waals surface area (Å²) in [5, 5.41) is 0. The molecule has 0 amide bonds. The van der Waals surface area contributed by atoms with Crippen molar-refractivity contribution in [1.82, 2.24) is 0 Å². The highest BCUT2D eigenvalue weighted by Crippen LogP contribution is 2.31. The van der Waals surface area contributed by atoms with Crippen LogP contribution in [0, 0.1) is 18.1 Å². The Hall–Kier alpha value is -0.0800. The fourth-order valence-electron chi connectivity index (χ4n) is 1.08. The molecule has 2 aliphatic rings. The van der Waals surface area contributed by atoms with Crippen LogP contribution in [0.4, 0.5) is 0 Å². The lowest BCUT2D eigenvalue weighted by atomic mass is 10.4. The first-order valence-electron chi connectivity index (χ1n) is 4.94. The van der Waals surface area contributed by atoms with Gasteiger partial charge in [0, 0.05) is 0 Å². The molecule has 2 heteroatoms. The zero-order chi connectivity index (χ0) is 8.39. The molecule has 0 aromatic carbocycles. The van der Waals surface area contributed by atoms with Crippen molar-refractivity contribution >= 4 is 0 Å². The van der Waals surface area contributed by atoms with Gasteiger partial charge in [-0.05, 0) is 44.4 Å². The molecule has 1 radical (unpaired) electrons. The predicted molar refractivity (Wildman–Crippen MR) is 46.3 cm³/mol. The molecule has 0 N–H and O–H groups in total. The Morgan fingerprint density at radius 3 is 1.75 bits per heavy atom. The third-order valence-corrected chi connectivity index (χ3v) is 2.44. The average Bonchev–Trinajstić information content (AvgIpc) is 2.89. The van der Waals surface area contributed by atoms with Gasteiger partial charge >= 0.3 is 0 Å². The Labute approximate surface area is 74.2 Å². The van der Waals surface area contributed by atoms with Gasteiger partial charge in [0.1, 0.15) is 0 Å². The van der Waals surface area contributed by atoms with Crippen LogP contribution >= 0.6 is 0 Å².